The number of hydrogen-bond donors (Lipinski definition) is 9. The predicted molar refractivity (Wildman–Crippen MR) is 245 cm³/mol. The third kappa shape index (κ3) is 24.2. The van der Waals surface area contributed by atoms with Crippen molar-refractivity contribution in [2.24, 2.45) is 0 Å². The van der Waals surface area contributed by atoms with Crippen LogP contribution in [0.3, 0.4) is 0 Å². The van der Waals surface area contributed by atoms with Gasteiger partial charge >= 0.3 is 0 Å². The van der Waals surface area contributed by atoms with Crippen molar-refractivity contribution in [2.45, 2.75) is 261 Å². The number of allylic oxidation sites excluding steroid dienone is 3. The molecule has 63 heavy (non-hydrogen) atoms. The first kappa shape index (κ1) is 57.6. The smallest absolute Gasteiger partial charge is 0.220 e. The molecule has 2 rings (SSSR count). The third-order valence-electron chi connectivity index (χ3n) is 12.4. The van der Waals surface area contributed by atoms with E-state index in [2.05, 4.69) is 31.3 Å². The summed E-state index contributed by atoms with van der Waals surface area (Å²) in [6.07, 6.45) is 22.3. The van der Waals surface area contributed by atoms with Crippen molar-refractivity contribution in [2.75, 3.05) is 19.8 Å². The molecule has 0 spiro atoms. The van der Waals surface area contributed by atoms with Gasteiger partial charge in [-0.15, -0.1) is 0 Å². The minimum Gasteiger partial charge on any atom is -0.394 e. The van der Waals surface area contributed by atoms with Crippen molar-refractivity contribution >= 4 is 5.91 Å². The average Bonchev–Trinajstić information content (AvgIpc) is 3.28. The molecule has 2 aliphatic rings. The third-order valence-corrected chi connectivity index (χ3v) is 12.4. The van der Waals surface area contributed by atoms with Crippen LogP contribution in [0.5, 0.6) is 0 Å². The van der Waals surface area contributed by atoms with Crippen molar-refractivity contribution < 1.29 is 64.6 Å². The summed E-state index contributed by atoms with van der Waals surface area (Å²) in [4.78, 5) is 13.1. The molecule has 1 amide bonds. The van der Waals surface area contributed by atoms with Gasteiger partial charge in [0, 0.05) is 6.42 Å². The van der Waals surface area contributed by atoms with Gasteiger partial charge in [-0.3, -0.25) is 4.79 Å². The largest absolute Gasteiger partial charge is 0.394 e. The lowest BCUT2D eigenvalue weighted by molar-refractivity contribution is -0.359. The Kier molecular flexibility index (Phi) is 33.4. The number of carbonyl (C=O) groups is 1. The molecule has 12 atom stereocenters. The number of rotatable bonds is 38. The molecular formula is C49H91NO13. The Balaban J connectivity index is 1.84. The van der Waals surface area contributed by atoms with E-state index in [1.54, 1.807) is 6.08 Å². The zero-order valence-electron chi connectivity index (χ0n) is 39.1. The maximum absolute atomic E-state index is 13.1. The van der Waals surface area contributed by atoms with E-state index >= 15 is 0 Å². The summed E-state index contributed by atoms with van der Waals surface area (Å²) in [5.41, 5.74) is 0. The van der Waals surface area contributed by atoms with Gasteiger partial charge in [0.15, 0.2) is 12.6 Å². The van der Waals surface area contributed by atoms with E-state index in [0.717, 1.165) is 64.2 Å². The van der Waals surface area contributed by atoms with Crippen LogP contribution in [0.4, 0.5) is 0 Å². The molecule has 0 radical (unpaired) electrons. The maximum atomic E-state index is 13.1. The minimum atomic E-state index is -1.79. The number of nitrogens with one attached hydrogen (secondary N) is 1. The van der Waals surface area contributed by atoms with Crippen LogP contribution in [0.1, 0.15) is 187 Å². The lowest BCUT2D eigenvalue weighted by Crippen LogP contribution is -2.65. The predicted octanol–water partition coefficient (Wildman–Crippen LogP) is 6.16. The summed E-state index contributed by atoms with van der Waals surface area (Å²) in [5.74, 6) is -0.252. The summed E-state index contributed by atoms with van der Waals surface area (Å²) in [6, 6.07) is -0.914. The van der Waals surface area contributed by atoms with Gasteiger partial charge in [0.25, 0.3) is 0 Å². The maximum Gasteiger partial charge on any atom is 0.220 e. The van der Waals surface area contributed by atoms with Crippen LogP contribution in [0.15, 0.2) is 24.3 Å². The minimum absolute atomic E-state index is 0.252. The Morgan fingerprint density at radius 1 is 0.556 bits per heavy atom. The first-order valence-corrected chi connectivity index (χ1v) is 25.1. The SMILES string of the molecule is CCC/C=C\CCCCCCCC(=O)NC(COC1OC(CO)C(OC2OC(CO)C(O)C(O)C2O)C(O)C1O)C(O)/C=C/CCCCCCCCCCCCCCCCCCC. The molecule has 2 heterocycles. The number of aliphatic hydroxyl groups excluding tert-OH is 8. The van der Waals surface area contributed by atoms with E-state index in [9.17, 15) is 45.6 Å². The van der Waals surface area contributed by atoms with Gasteiger partial charge < -0.3 is 65.1 Å². The van der Waals surface area contributed by atoms with E-state index in [4.69, 9.17) is 18.9 Å². The summed E-state index contributed by atoms with van der Waals surface area (Å²) in [6.45, 7) is 2.71. The van der Waals surface area contributed by atoms with Gasteiger partial charge in [-0.1, -0.05) is 167 Å². The summed E-state index contributed by atoms with van der Waals surface area (Å²) >= 11 is 0. The van der Waals surface area contributed by atoms with Crippen LogP contribution in [0.2, 0.25) is 0 Å². The standard InChI is InChI=1S/C49H91NO13/c1-3-5-7-9-11-13-15-16-17-18-19-20-21-22-23-24-26-28-30-32-38(53)37(50-41(54)33-31-29-27-25-14-12-10-8-6-4-2)36-60-48-46(59)44(57)47(40(35-52)62-48)63-49-45(58)43(56)42(55)39(34-51)61-49/h8,10,30,32,37-40,42-49,51-53,55-59H,3-7,9,11-29,31,33-36H2,1-2H3,(H,50,54)/b10-8-,32-30+. The molecule has 14 nitrogen and oxygen atoms in total. The van der Waals surface area contributed by atoms with Crippen molar-refractivity contribution in [3.8, 4) is 0 Å². The van der Waals surface area contributed by atoms with Crippen LogP contribution in [-0.4, -0.2) is 140 Å². The first-order chi connectivity index (χ1) is 30.6. The average molecular weight is 902 g/mol. The second kappa shape index (κ2) is 36.6. The Morgan fingerprint density at radius 2 is 1.03 bits per heavy atom. The summed E-state index contributed by atoms with van der Waals surface area (Å²) in [7, 11) is 0. The molecule has 2 saturated heterocycles. The molecule has 0 aliphatic carbocycles. The highest BCUT2D eigenvalue weighted by molar-refractivity contribution is 5.76. The Bertz CT molecular complexity index is 1160. The molecule has 0 aromatic heterocycles. The normalized spacial score (nSPS) is 27.7. The van der Waals surface area contributed by atoms with Gasteiger partial charge in [0.05, 0.1) is 32.0 Å². The first-order valence-electron chi connectivity index (χ1n) is 25.1. The number of amides is 1. The fourth-order valence-corrected chi connectivity index (χ4v) is 8.23. The topological polar surface area (TPSA) is 228 Å². The zero-order valence-corrected chi connectivity index (χ0v) is 39.1. The van der Waals surface area contributed by atoms with Crippen LogP contribution >= 0.6 is 0 Å². The second-order valence-corrected chi connectivity index (χ2v) is 17.9. The molecule has 0 saturated carbocycles. The van der Waals surface area contributed by atoms with Crippen LogP contribution in [0, 0.1) is 0 Å². The van der Waals surface area contributed by atoms with E-state index in [0.29, 0.717) is 6.42 Å². The van der Waals surface area contributed by atoms with Crippen LogP contribution in [0.25, 0.3) is 0 Å². The molecule has 12 unspecified atom stereocenters. The number of hydrogen-bond acceptors (Lipinski definition) is 13. The molecule has 2 fully saturated rings. The highest BCUT2D eigenvalue weighted by Gasteiger charge is 2.51. The number of aliphatic hydroxyl groups is 8. The van der Waals surface area contributed by atoms with Crippen molar-refractivity contribution in [3.63, 3.8) is 0 Å². The summed E-state index contributed by atoms with van der Waals surface area (Å²) < 4.78 is 22.6. The van der Waals surface area contributed by atoms with E-state index in [1.807, 2.05) is 6.08 Å². The van der Waals surface area contributed by atoms with Crippen LogP contribution in [-0.2, 0) is 23.7 Å². The van der Waals surface area contributed by atoms with Crippen molar-refractivity contribution in [3.05, 3.63) is 24.3 Å². The molecular weight excluding hydrogens is 811 g/mol. The van der Waals surface area contributed by atoms with Gasteiger partial charge in [-0.25, -0.2) is 0 Å². The molecule has 2 aliphatic heterocycles. The molecule has 0 aromatic rings. The molecule has 0 aromatic carbocycles. The van der Waals surface area contributed by atoms with Gasteiger partial charge in [-0.2, -0.15) is 0 Å². The van der Waals surface area contributed by atoms with Gasteiger partial charge in [-0.05, 0) is 38.5 Å². The molecule has 9 N–H and O–H groups in total. The van der Waals surface area contributed by atoms with E-state index < -0.39 is 86.8 Å². The highest BCUT2D eigenvalue weighted by Crippen LogP contribution is 2.30. The Hall–Kier alpha value is -1.53. The van der Waals surface area contributed by atoms with Crippen molar-refractivity contribution in [1.29, 1.82) is 0 Å². The van der Waals surface area contributed by atoms with Gasteiger partial charge in [0.1, 0.15) is 48.8 Å². The van der Waals surface area contributed by atoms with Gasteiger partial charge in [0.2, 0.25) is 5.91 Å². The zero-order chi connectivity index (χ0) is 46.1. The lowest BCUT2D eigenvalue weighted by atomic mass is 9.97. The fraction of sp³-hybridized carbons (Fsp3) is 0.898. The fourth-order valence-electron chi connectivity index (χ4n) is 8.23. The Morgan fingerprint density at radius 3 is 1.57 bits per heavy atom. The number of ether oxygens (including phenoxy) is 4. The summed E-state index contributed by atoms with van der Waals surface area (Å²) in [5, 5.41) is 86.6. The van der Waals surface area contributed by atoms with Crippen molar-refractivity contribution in [1.82, 2.24) is 5.32 Å². The molecule has 370 valence electrons. The molecule has 0 bridgehead atoms. The second-order valence-electron chi connectivity index (χ2n) is 17.9. The number of unbranched alkanes of at least 4 members (excludes halogenated alkanes) is 23. The lowest BCUT2D eigenvalue weighted by Gasteiger charge is -2.46. The quantitative estimate of drug-likeness (QED) is 0.0250. The van der Waals surface area contributed by atoms with E-state index in [1.165, 1.54) is 96.3 Å². The molecule has 14 heteroatoms. The van der Waals surface area contributed by atoms with Crippen LogP contribution < -0.4 is 5.32 Å². The highest BCUT2D eigenvalue weighted by atomic mass is 16.7. The number of carbonyl (C=O) groups excluding carboxylic acids is 1. The Labute approximate surface area is 379 Å². The monoisotopic (exact) mass is 902 g/mol. The van der Waals surface area contributed by atoms with E-state index in [-0.39, 0.29) is 18.9 Å².